The Morgan fingerprint density at radius 1 is 1.11 bits per heavy atom. The number of rotatable bonds is 7. The molecule has 1 fully saturated rings. The van der Waals surface area contributed by atoms with Crippen LogP contribution in [0.25, 0.3) is 0 Å². The molecule has 27 heavy (non-hydrogen) atoms. The van der Waals surface area contributed by atoms with Gasteiger partial charge in [0.05, 0.1) is 12.3 Å². The lowest BCUT2D eigenvalue weighted by molar-refractivity contribution is 0.250. The van der Waals surface area contributed by atoms with Gasteiger partial charge in [-0.3, -0.25) is 0 Å². The van der Waals surface area contributed by atoms with Crippen LogP contribution in [-0.2, 0) is 22.1 Å². The lowest BCUT2D eigenvalue weighted by atomic mass is 9.80. The van der Waals surface area contributed by atoms with E-state index >= 15 is 0 Å². The van der Waals surface area contributed by atoms with Gasteiger partial charge in [-0.25, -0.2) is 13.4 Å². The van der Waals surface area contributed by atoms with Crippen molar-refractivity contribution in [3.05, 3.63) is 35.4 Å². The fraction of sp³-hybridized carbons (Fsp3) is 0.667. The van der Waals surface area contributed by atoms with Gasteiger partial charge in [-0.1, -0.05) is 38.1 Å². The second kappa shape index (κ2) is 10.1. The fourth-order valence-corrected chi connectivity index (χ4v) is 4.46. The summed E-state index contributed by atoms with van der Waals surface area (Å²) in [5.41, 5.74) is 1.89. The number of hydrogen-bond acceptors (Lipinski definition) is 3. The lowest BCUT2D eigenvalue weighted by Crippen LogP contribution is -2.45. The summed E-state index contributed by atoms with van der Waals surface area (Å²) >= 11 is 0. The Morgan fingerprint density at radius 2 is 1.70 bits per heavy atom. The van der Waals surface area contributed by atoms with E-state index in [2.05, 4.69) is 31.4 Å². The van der Waals surface area contributed by atoms with E-state index in [4.69, 9.17) is 4.99 Å². The first kappa shape index (κ1) is 21.7. The first-order valence-electron chi connectivity index (χ1n) is 10.1. The molecule has 1 saturated carbocycles. The van der Waals surface area contributed by atoms with E-state index < -0.39 is 9.84 Å². The Morgan fingerprint density at radius 3 is 2.22 bits per heavy atom. The zero-order chi connectivity index (χ0) is 19.9. The Kier molecular flexibility index (Phi) is 8.14. The van der Waals surface area contributed by atoms with Crippen molar-refractivity contribution in [3.8, 4) is 0 Å². The van der Waals surface area contributed by atoms with Crippen molar-refractivity contribution in [3.63, 3.8) is 0 Å². The second-order valence-corrected chi connectivity index (χ2v) is 10.2. The first-order chi connectivity index (χ1) is 12.8. The molecule has 0 spiro atoms. The molecule has 0 amide bonds. The van der Waals surface area contributed by atoms with E-state index in [1.807, 2.05) is 24.3 Å². The van der Waals surface area contributed by atoms with Crippen LogP contribution in [0.3, 0.4) is 0 Å². The van der Waals surface area contributed by atoms with Crippen LogP contribution in [0.15, 0.2) is 29.3 Å². The minimum absolute atomic E-state index is 0.0831. The van der Waals surface area contributed by atoms with Gasteiger partial charge in [0.2, 0.25) is 0 Å². The van der Waals surface area contributed by atoms with Gasteiger partial charge in [-0.05, 0) is 55.6 Å². The topological polar surface area (TPSA) is 70.6 Å². The number of guanidine groups is 1. The van der Waals surface area contributed by atoms with Crippen LogP contribution in [0.5, 0.6) is 0 Å². The summed E-state index contributed by atoms with van der Waals surface area (Å²) in [6.45, 7) is 8.14. The maximum absolute atomic E-state index is 11.4. The smallest absolute Gasteiger partial charge is 0.191 e. The second-order valence-electron chi connectivity index (χ2n) is 8.08. The molecule has 2 rings (SSSR count). The summed E-state index contributed by atoms with van der Waals surface area (Å²) in [6, 6.07) is 8.16. The van der Waals surface area contributed by atoms with Gasteiger partial charge in [0.25, 0.3) is 0 Å². The van der Waals surface area contributed by atoms with E-state index in [-0.39, 0.29) is 5.75 Å². The Bertz CT molecular complexity index is 703. The van der Waals surface area contributed by atoms with Crippen LogP contribution in [0.2, 0.25) is 0 Å². The van der Waals surface area contributed by atoms with Crippen molar-refractivity contribution in [2.75, 3.05) is 12.8 Å². The van der Waals surface area contributed by atoms with Gasteiger partial charge < -0.3 is 10.6 Å². The highest BCUT2D eigenvalue weighted by molar-refractivity contribution is 7.89. The molecule has 2 N–H and O–H groups in total. The van der Waals surface area contributed by atoms with Gasteiger partial charge in [0.1, 0.15) is 0 Å². The average Bonchev–Trinajstić information content (AvgIpc) is 2.60. The zero-order valence-corrected chi connectivity index (χ0v) is 18.0. The molecular weight excluding hydrogens is 358 g/mol. The molecule has 152 valence electrons. The molecule has 1 aromatic rings. The largest absolute Gasteiger partial charge is 0.357 e. The minimum Gasteiger partial charge on any atom is -0.357 e. The maximum atomic E-state index is 11.4. The molecule has 1 aromatic carbocycles. The monoisotopic (exact) mass is 393 g/mol. The highest BCUT2D eigenvalue weighted by Crippen LogP contribution is 2.29. The molecule has 0 radical (unpaired) electrons. The molecule has 0 aliphatic heterocycles. The number of sulfone groups is 1. The van der Waals surface area contributed by atoms with E-state index in [9.17, 15) is 8.42 Å². The minimum atomic E-state index is -3.00. The van der Waals surface area contributed by atoms with Crippen LogP contribution >= 0.6 is 0 Å². The van der Waals surface area contributed by atoms with Crippen molar-refractivity contribution in [2.24, 2.45) is 16.8 Å². The van der Waals surface area contributed by atoms with E-state index in [0.29, 0.717) is 12.6 Å². The number of aliphatic imine (C=N–C) groups is 1. The quantitative estimate of drug-likeness (QED) is 0.549. The standard InChI is InChI=1S/C21H35N3O2S/c1-5-22-21(24-20-12-10-19(11-13-20)16(2)3)23-14-17-6-8-18(9-7-17)15-27(4,25)26/h6-9,16,19-20H,5,10-15H2,1-4H3,(H2,22,23,24). The summed E-state index contributed by atoms with van der Waals surface area (Å²) in [5, 5.41) is 6.92. The van der Waals surface area contributed by atoms with Crippen molar-refractivity contribution < 1.29 is 8.42 Å². The molecule has 0 atom stereocenters. The number of nitrogens with zero attached hydrogens (tertiary/aromatic N) is 1. The zero-order valence-electron chi connectivity index (χ0n) is 17.2. The number of hydrogen-bond donors (Lipinski definition) is 2. The molecule has 0 saturated heterocycles. The average molecular weight is 394 g/mol. The predicted octanol–water partition coefficient (Wildman–Crippen LogP) is 3.50. The molecule has 5 nitrogen and oxygen atoms in total. The Balaban J connectivity index is 1.91. The first-order valence-corrected chi connectivity index (χ1v) is 12.1. The van der Waals surface area contributed by atoms with E-state index in [1.165, 1.54) is 31.9 Å². The Labute approximate surface area is 165 Å². The third-order valence-electron chi connectivity index (χ3n) is 5.27. The van der Waals surface area contributed by atoms with Crippen LogP contribution in [-0.4, -0.2) is 33.2 Å². The highest BCUT2D eigenvalue weighted by Gasteiger charge is 2.23. The molecule has 6 heteroatoms. The van der Waals surface area contributed by atoms with Crippen molar-refractivity contribution in [1.29, 1.82) is 0 Å². The van der Waals surface area contributed by atoms with Crippen LogP contribution < -0.4 is 10.6 Å². The van der Waals surface area contributed by atoms with Crippen molar-refractivity contribution in [2.45, 2.75) is 64.8 Å². The van der Waals surface area contributed by atoms with Crippen molar-refractivity contribution >= 4 is 15.8 Å². The van der Waals surface area contributed by atoms with Crippen molar-refractivity contribution in [1.82, 2.24) is 10.6 Å². The summed E-state index contributed by atoms with van der Waals surface area (Å²) in [5.74, 6) is 2.58. The highest BCUT2D eigenvalue weighted by atomic mass is 32.2. The van der Waals surface area contributed by atoms with Crippen LogP contribution in [0, 0.1) is 11.8 Å². The molecular formula is C21H35N3O2S. The molecule has 1 aliphatic carbocycles. The van der Waals surface area contributed by atoms with E-state index in [1.54, 1.807) is 0 Å². The van der Waals surface area contributed by atoms with Crippen LogP contribution in [0.1, 0.15) is 57.6 Å². The maximum Gasteiger partial charge on any atom is 0.191 e. The summed E-state index contributed by atoms with van der Waals surface area (Å²) < 4.78 is 22.8. The lowest BCUT2D eigenvalue weighted by Gasteiger charge is -2.32. The van der Waals surface area contributed by atoms with Gasteiger partial charge in [-0.15, -0.1) is 0 Å². The molecule has 1 aliphatic rings. The molecule has 0 aromatic heterocycles. The number of nitrogens with one attached hydrogen (secondary N) is 2. The van der Waals surface area contributed by atoms with E-state index in [0.717, 1.165) is 35.5 Å². The Hall–Kier alpha value is -1.56. The SMILES string of the molecule is CCNC(=NCc1ccc(CS(C)(=O)=O)cc1)NC1CCC(C(C)C)CC1. The van der Waals surface area contributed by atoms with Gasteiger partial charge in [0, 0.05) is 18.8 Å². The van der Waals surface area contributed by atoms with Gasteiger partial charge >= 0.3 is 0 Å². The third kappa shape index (κ3) is 7.91. The summed E-state index contributed by atoms with van der Waals surface area (Å²) in [4.78, 5) is 4.71. The van der Waals surface area contributed by atoms with Crippen LogP contribution in [0.4, 0.5) is 0 Å². The third-order valence-corrected chi connectivity index (χ3v) is 6.13. The fourth-order valence-electron chi connectivity index (χ4n) is 3.66. The molecule has 0 unspecified atom stereocenters. The molecule has 0 heterocycles. The van der Waals surface area contributed by atoms with Gasteiger partial charge in [-0.2, -0.15) is 0 Å². The normalized spacial score (nSPS) is 21.3. The predicted molar refractivity (Wildman–Crippen MR) is 114 cm³/mol. The summed E-state index contributed by atoms with van der Waals surface area (Å²) in [7, 11) is -3.00. The summed E-state index contributed by atoms with van der Waals surface area (Å²) in [6.07, 6.45) is 6.24. The molecule has 0 bridgehead atoms. The number of benzene rings is 1. The van der Waals surface area contributed by atoms with Gasteiger partial charge in [0.15, 0.2) is 15.8 Å².